The molecule has 0 saturated heterocycles. The minimum Gasteiger partial charge on any atom is -0.386 e. The summed E-state index contributed by atoms with van der Waals surface area (Å²) in [5.74, 6) is 0. The Labute approximate surface area is 95.4 Å². The molecule has 0 aliphatic heterocycles. The molecule has 0 saturated carbocycles. The standard InChI is InChI=1S/C13H16N2O/c1-2-12(15-9-8-14-10-15)13(16)11-6-4-3-5-7-11/h3-10,12-13,16H,2H2,1H3. The molecule has 1 aromatic heterocycles. The van der Waals surface area contributed by atoms with E-state index in [0.717, 1.165) is 12.0 Å². The molecular weight excluding hydrogens is 200 g/mol. The van der Waals surface area contributed by atoms with E-state index in [1.165, 1.54) is 0 Å². The Bertz CT molecular complexity index is 411. The van der Waals surface area contributed by atoms with Gasteiger partial charge >= 0.3 is 0 Å². The van der Waals surface area contributed by atoms with Crippen molar-refractivity contribution < 1.29 is 5.11 Å². The van der Waals surface area contributed by atoms with Crippen LogP contribution in [-0.4, -0.2) is 14.7 Å². The van der Waals surface area contributed by atoms with Crippen molar-refractivity contribution in [1.82, 2.24) is 9.55 Å². The second kappa shape index (κ2) is 4.94. The molecular formula is C13H16N2O. The number of rotatable bonds is 4. The molecule has 0 aliphatic carbocycles. The normalized spacial score (nSPS) is 14.6. The lowest BCUT2D eigenvalue weighted by Crippen LogP contribution is -2.15. The van der Waals surface area contributed by atoms with Crippen molar-refractivity contribution >= 4 is 0 Å². The van der Waals surface area contributed by atoms with Crippen LogP contribution in [0.2, 0.25) is 0 Å². The van der Waals surface area contributed by atoms with Crippen molar-refractivity contribution in [2.24, 2.45) is 0 Å². The van der Waals surface area contributed by atoms with Crippen LogP contribution in [0.15, 0.2) is 49.1 Å². The van der Waals surface area contributed by atoms with E-state index in [4.69, 9.17) is 0 Å². The molecule has 0 aliphatic rings. The van der Waals surface area contributed by atoms with E-state index in [1.807, 2.05) is 41.1 Å². The summed E-state index contributed by atoms with van der Waals surface area (Å²) in [6, 6.07) is 9.78. The Morgan fingerprint density at radius 2 is 2.06 bits per heavy atom. The summed E-state index contributed by atoms with van der Waals surface area (Å²) in [7, 11) is 0. The Morgan fingerprint density at radius 1 is 1.31 bits per heavy atom. The summed E-state index contributed by atoms with van der Waals surface area (Å²) >= 11 is 0. The first-order valence-corrected chi connectivity index (χ1v) is 5.53. The van der Waals surface area contributed by atoms with Crippen LogP contribution in [0, 0.1) is 0 Å². The molecule has 2 aromatic rings. The molecule has 84 valence electrons. The van der Waals surface area contributed by atoms with E-state index in [-0.39, 0.29) is 6.04 Å². The van der Waals surface area contributed by atoms with E-state index in [1.54, 1.807) is 12.5 Å². The van der Waals surface area contributed by atoms with Gasteiger partial charge in [0.15, 0.2) is 0 Å². The van der Waals surface area contributed by atoms with Gasteiger partial charge in [-0.2, -0.15) is 0 Å². The third kappa shape index (κ3) is 2.14. The highest BCUT2D eigenvalue weighted by Gasteiger charge is 2.19. The average Bonchev–Trinajstić information content (AvgIpc) is 2.85. The Hall–Kier alpha value is -1.61. The molecule has 3 heteroatoms. The molecule has 0 spiro atoms. The Balaban J connectivity index is 2.23. The van der Waals surface area contributed by atoms with Crippen molar-refractivity contribution in [1.29, 1.82) is 0 Å². The number of benzene rings is 1. The lowest BCUT2D eigenvalue weighted by molar-refractivity contribution is 0.110. The summed E-state index contributed by atoms with van der Waals surface area (Å²) in [5.41, 5.74) is 0.947. The van der Waals surface area contributed by atoms with Crippen LogP contribution in [0.4, 0.5) is 0 Å². The van der Waals surface area contributed by atoms with Gasteiger partial charge in [0.05, 0.1) is 18.5 Å². The monoisotopic (exact) mass is 216 g/mol. The van der Waals surface area contributed by atoms with Crippen molar-refractivity contribution in [3.8, 4) is 0 Å². The highest BCUT2D eigenvalue weighted by atomic mass is 16.3. The van der Waals surface area contributed by atoms with Gasteiger partial charge in [-0.15, -0.1) is 0 Å². The summed E-state index contributed by atoms with van der Waals surface area (Å²) < 4.78 is 1.96. The van der Waals surface area contributed by atoms with Crippen molar-refractivity contribution in [3.05, 3.63) is 54.6 Å². The number of hydrogen-bond acceptors (Lipinski definition) is 2. The van der Waals surface area contributed by atoms with E-state index in [2.05, 4.69) is 11.9 Å². The van der Waals surface area contributed by atoms with Crippen LogP contribution < -0.4 is 0 Å². The van der Waals surface area contributed by atoms with Crippen LogP contribution in [0.1, 0.15) is 31.1 Å². The highest BCUT2D eigenvalue weighted by molar-refractivity contribution is 5.18. The van der Waals surface area contributed by atoms with Gasteiger partial charge in [0.2, 0.25) is 0 Å². The Morgan fingerprint density at radius 3 is 2.62 bits per heavy atom. The maximum Gasteiger partial charge on any atom is 0.0997 e. The molecule has 0 fully saturated rings. The molecule has 2 rings (SSSR count). The van der Waals surface area contributed by atoms with Gasteiger partial charge in [-0.25, -0.2) is 4.98 Å². The van der Waals surface area contributed by atoms with Crippen molar-refractivity contribution in [2.45, 2.75) is 25.5 Å². The SMILES string of the molecule is CCC(C(O)c1ccccc1)n1ccnc1. The second-order valence-corrected chi connectivity index (χ2v) is 3.84. The smallest absolute Gasteiger partial charge is 0.0997 e. The van der Waals surface area contributed by atoms with Crippen molar-refractivity contribution in [3.63, 3.8) is 0 Å². The van der Waals surface area contributed by atoms with E-state index in [0.29, 0.717) is 0 Å². The third-order valence-electron chi connectivity index (χ3n) is 2.83. The molecule has 0 radical (unpaired) electrons. The zero-order valence-corrected chi connectivity index (χ0v) is 9.32. The van der Waals surface area contributed by atoms with Crippen LogP contribution in [-0.2, 0) is 0 Å². The molecule has 0 amide bonds. The first kappa shape index (κ1) is 10.9. The van der Waals surface area contributed by atoms with Gasteiger partial charge in [-0.3, -0.25) is 0 Å². The van der Waals surface area contributed by atoms with Gasteiger partial charge in [0.25, 0.3) is 0 Å². The van der Waals surface area contributed by atoms with Crippen LogP contribution >= 0.6 is 0 Å². The van der Waals surface area contributed by atoms with E-state index >= 15 is 0 Å². The number of hydrogen-bond donors (Lipinski definition) is 1. The van der Waals surface area contributed by atoms with E-state index in [9.17, 15) is 5.11 Å². The first-order chi connectivity index (χ1) is 7.83. The van der Waals surface area contributed by atoms with Gasteiger partial charge in [0, 0.05) is 12.4 Å². The van der Waals surface area contributed by atoms with Gasteiger partial charge < -0.3 is 9.67 Å². The summed E-state index contributed by atoms with van der Waals surface area (Å²) in [6.07, 6.45) is 5.76. The van der Waals surface area contributed by atoms with Crippen molar-refractivity contribution in [2.75, 3.05) is 0 Å². The average molecular weight is 216 g/mol. The van der Waals surface area contributed by atoms with Gasteiger partial charge in [0.1, 0.15) is 0 Å². The minimum atomic E-state index is -0.486. The molecule has 1 N–H and O–H groups in total. The largest absolute Gasteiger partial charge is 0.386 e. The van der Waals surface area contributed by atoms with Gasteiger partial charge in [-0.1, -0.05) is 37.3 Å². The lowest BCUT2D eigenvalue weighted by atomic mass is 10.0. The van der Waals surface area contributed by atoms with Gasteiger partial charge in [-0.05, 0) is 12.0 Å². The number of aliphatic hydroxyl groups is 1. The fraction of sp³-hybridized carbons (Fsp3) is 0.308. The molecule has 1 aromatic carbocycles. The molecule has 16 heavy (non-hydrogen) atoms. The maximum atomic E-state index is 10.3. The third-order valence-corrected chi connectivity index (χ3v) is 2.83. The fourth-order valence-corrected chi connectivity index (χ4v) is 1.94. The predicted molar refractivity (Wildman–Crippen MR) is 63.0 cm³/mol. The highest BCUT2D eigenvalue weighted by Crippen LogP contribution is 2.28. The molecule has 0 bridgehead atoms. The molecule has 3 nitrogen and oxygen atoms in total. The summed E-state index contributed by atoms with van der Waals surface area (Å²) in [4.78, 5) is 4.02. The minimum absolute atomic E-state index is 0.0462. The molecule has 1 heterocycles. The predicted octanol–water partition coefficient (Wildman–Crippen LogP) is 2.57. The molecule has 2 atom stereocenters. The number of aromatic nitrogens is 2. The molecule has 2 unspecified atom stereocenters. The maximum absolute atomic E-state index is 10.3. The fourth-order valence-electron chi connectivity index (χ4n) is 1.94. The quantitative estimate of drug-likeness (QED) is 0.853. The van der Waals surface area contributed by atoms with Crippen LogP contribution in [0.3, 0.4) is 0 Å². The Kier molecular flexibility index (Phi) is 3.37. The van der Waals surface area contributed by atoms with E-state index < -0.39 is 6.10 Å². The summed E-state index contributed by atoms with van der Waals surface area (Å²) in [6.45, 7) is 2.07. The first-order valence-electron chi connectivity index (χ1n) is 5.53. The lowest BCUT2D eigenvalue weighted by Gasteiger charge is -2.23. The topological polar surface area (TPSA) is 38.0 Å². The number of aliphatic hydroxyl groups excluding tert-OH is 1. The second-order valence-electron chi connectivity index (χ2n) is 3.84. The van der Waals surface area contributed by atoms with Crippen LogP contribution in [0.25, 0.3) is 0 Å². The summed E-state index contributed by atoms with van der Waals surface area (Å²) in [5, 5.41) is 10.3. The number of imidazole rings is 1. The number of nitrogens with zero attached hydrogens (tertiary/aromatic N) is 2. The zero-order chi connectivity index (χ0) is 11.4. The van der Waals surface area contributed by atoms with Crippen LogP contribution in [0.5, 0.6) is 0 Å². The zero-order valence-electron chi connectivity index (χ0n) is 9.32.